The molecule has 0 fully saturated rings. The Balaban J connectivity index is 1.58. The predicted octanol–water partition coefficient (Wildman–Crippen LogP) is 4.51. The minimum absolute atomic E-state index is 0.173. The van der Waals surface area contributed by atoms with Crippen molar-refractivity contribution < 1.29 is 13.9 Å². The molecule has 0 saturated heterocycles. The highest BCUT2D eigenvalue weighted by molar-refractivity contribution is 5.99. The maximum Gasteiger partial charge on any atom is 0.324 e. The number of carbonyl (C=O) groups excluding carboxylic acids is 1. The van der Waals surface area contributed by atoms with Crippen LogP contribution in [-0.4, -0.2) is 26.0 Å². The second kappa shape index (κ2) is 8.74. The molecule has 0 aliphatic heterocycles. The summed E-state index contributed by atoms with van der Waals surface area (Å²) >= 11 is 0. The number of aromatic nitrogens is 4. The van der Waals surface area contributed by atoms with Gasteiger partial charge in [0, 0.05) is 29.8 Å². The van der Waals surface area contributed by atoms with Crippen molar-refractivity contribution in [3.8, 4) is 22.9 Å². The Morgan fingerprint density at radius 2 is 1.70 bits per heavy atom. The van der Waals surface area contributed by atoms with Gasteiger partial charge in [0.15, 0.2) is 5.82 Å². The van der Waals surface area contributed by atoms with Gasteiger partial charge in [-0.25, -0.2) is 14.2 Å². The van der Waals surface area contributed by atoms with E-state index in [2.05, 4.69) is 30.6 Å². The number of hydrogen-bond acceptors (Lipinski definition) is 6. The number of benzene rings is 1. The summed E-state index contributed by atoms with van der Waals surface area (Å²) < 4.78 is 18.9. The Hall–Kier alpha value is -4.40. The standard InChI is InChI=1S/C21H15FN6O2/c22-15-3-5-16(6-4-15)26-21(29)28-18-13-25-19(14-7-10-23-11-8-14)20(27-18)30-17-2-1-9-24-12-17/h1-13H,(H2,26,27,28,29). The van der Waals surface area contributed by atoms with Crippen LogP contribution in [0.25, 0.3) is 11.3 Å². The Kier molecular flexibility index (Phi) is 5.52. The minimum Gasteiger partial charge on any atom is -0.435 e. The van der Waals surface area contributed by atoms with Crippen molar-refractivity contribution in [2.75, 3.05) is 10.6 Å². The summed E-state index contributed by atoms with van der Waals surface area (Å²) in [4.78, 5) is 29.0. The van der Waals surface area contributed by atoms with Gasteiger partial charge in [0.1, 0.15) is 17.3 Å². The lowest BCUT2D eigenvalue weighted by Gasteiger charge is -2.12. The van der Waals surface area contributed by atoms with Gasteiger partial charge in [0.2, 0.25) is 5.88 Å². The van der Waals surface area contributed by atoms with Gasteiger partial charge >= 0.3 is 6.03 Å². The van der Waals surface area contributed by atoms with E-state index in [0.717, 1.165) is 5.56 Å². The zero-order chi connectivity index (χ0) is 20.8. The molecule has 0 saturated carbocycles. The lowest BCUT2D eigenvalue weighted by atomic mass is 10.2. The monoisotopic (exact) mass is 402 g/mol. The van der Waals surface area contributed by atoms with Crippen LogP contribution in [0.4, 0.5) is 20.7 Å². The number of anilines is 2. The highest BCUT2D eigenvalue weighted by Crippen LogP contribution is 2.30. The van der Waals surface area contributed by atoms with Crippen LogP contribution in [0.5, 0.6) is 11.6 Å². The topological polar surface area (TPSA) is 102 Å². The molecule has 2 amide bonds. The van der Waals surface area contributed by atoms with E-state index in [-0.39, 0.29) is 11.7 Å². The summed E-state index contributed by atoms with van der Waals surface area (Å²) in [6.07, 6.45) is 7.84. The van der Waals surface area contributed by atoms with Crippen LogP contribution in [0, 0.1) is 5.82 Å². The van der Waals surface area contributed by atoms with E-state index in [0.29, 0.717) is 17.1 Å². The van der Waals surface area contributed by atoms with Crippen molar-refractivity contribution in [3.05, 3.63) is 85.3 Å². The van der Waals surface area contributed by atoms with Gasteiger partial charge in [-0.15, -0.1) is 0 Å². The Morgan fingerprint density at radius 1 is 0.900 bits per heavy atom. The number of nitrogens with zero attached hydrogens (tertiary/aromatic N) is 4. The molecule has 0 bridgehead atoms. The van der Waals surface area contributed by atoms with Gasteiger partial charge in [-0.2, -0.15) is 4.98 Å². The number of nitrogens with one attached hydrogen (secondary N) is 2. The molecule has 30 heavy (non-hydrogen) atoms. The molecular weight excluding hydrogens is 387 g/mol. The van der Waals surface area contributed by atoms with Gasteiger partial charge in [0.05, 0.1) is 12.4 Å². The number of carbonyl (C=O) groups is 1. The first-order valence-corrected chi connectivity index (χ1v) is 8.86. The lowest BCUT2D eigenvalue weighted by molar-refractivity contribution is 0.262. The van der Waals surface area contributed by atoms with Crippen molar-refractivity contribution in [1.82, 2.24) is 19.9 Å². The SMILES string of the molecule is O=C(Nc1ccc(F)cc1)Nc1cnc(-c2ccncc2)c(Oc2cccnc2)n1. The first-order chi connectivity index (χ1) is 14.7. The summed E-state index contributed by atoms with van der Waals surface area (Å²) in [5.74, 6) is 0.436. The summed E-state index contributed by atoms with van der Waals surface area (Å²) in [5.41, 5.74) is 1.66. The maximum atomic E-state index is 13.0. The fraction of sp³-hybridized carbons (Fsp3) is 0. The summed E-state index contributed by atoms with van der Waals surface area (Å²) in [7, 11) is 0. The molecule has 0 aliphatic carbocycles. The fourth-order valence-corrected chi connectivity index (χ4v) is 2.54. The third kappa shape index (κ3) is 4.71. The predicted molar refractivity (Wildman–Crippen MR) is 109 cm³/mol. The van der Waals surface area contributed by atoms with E-state index in [1.807, 2.05) is 0 Å². The molecule has 3 aromatic heterocycles. The van der Waals surface area contributed by atoms with Gasteiger partial charge in [-0.1, -0.05) is 0 Å². The average Bonchev–Trinajstić information content (AvgIpc) is 2.77. The highest BCUT2D eigenvalue weighted by Gasteiger charge is 2.14. The molecule has 4 rings (SSSR count). The van der Waals surface area contributed by atoms with E-state index in [1.165, 1.54) is 30.5 Å². The second-order valence-corrected chi connectivity index (χ2v) is 6.02. The van der Waals surface area contributed by atoms with Crippen molar-refractivity contribution >= 4 is 17.5 Å². The van der Waals surface area contributed by atoms with Gasteiger partial charge in [-0.3, -0.25) is 15.3 Å². The molecule has 0 atom stereocenters. The third-order valence-corrected chi connectivity index (χ3v) is 3.89. The molecule has 0 spiro atoms. The number of rotatable bonds is 5. The van der Waals surface area contributed by atoms with Crippen LogP contribution in [0.3, 0.4) is 0 Å². The third-order valence-electron chi connectivity index (χ3n) is 3.89. The molecule has 9 heteroatoms. The minimum atomic E-state index is -0.556. The fourth-order valence-electron chi connectivity index (χ4n) is 2.54. The normalized spacial score (nSPS) is 10.3. The number of pyridine rings is 2. The van der Waals surface area contributed by atoms with E-state index in [9.17, 15) is 9.18 Å². The zero-order valence-corrected chi connectivity index (χ0v) is 15.5. The van der Waals surface area contributed by atoms with Crippen molar-refractivity contribution in [2.24, 2.45) is 0 Å². The number of halogens is 1. The summed E-state index contributed by atoms with van der Waals surface area (Å²) in [5, 5.41) is 5.17. The smallest absolute Gasteiger partial charge is 0.324 e. The van der Waals surface area contributed by atoms with Crippen LogP contribution in [0.1, 0.15) is 0 Å². The first kappa shape index (κ1) is 18.9. The number of amides is 2. The van der Waals surface area contributed by atoms with Crippen LogP contribution in [0.2, 0.25) is 0 Å². The Labute approximate surface area is 170 Å². The molecule has 0 unspecified atom stereocenters. The summed E-state index contributed by atoms with van der Waals surface area (Å²) in [6.45, 7) is 0. The molecule has 0 radical (unpaired) electrons. The number of hydrogen-bond donors (Lipinski definition) is 2. The molecule has 3 heterocycles. The lowest BCUT2D eigenvalue weighted by Crippen LogP contribution is -2.20. The molecule has 2 N–H and O–H groups in total. The van der Waals surface area contributed by atoms with Crippen LogP contribution in [-0.2, 0) is 0 Å². The van der Waals surface area contributed by atoms with E-state index in [4.69, 9.17) is 4.74 Å². The quantitative estimate of drug-likeness (QED) is 0.509. The van der Waals surface area contributed by atoms with E-state index < -0.39 is 11.8 Å². The van der Waals surface area contributed by atoms with Crippen LogP contribution in [0.15, 0.2) is 79.5 Å². The van der Waals surface area contributed by atoms with E-state index >= 15 is 0 Å². The largest absolute Gasteiger partial charge is 0.435 e. The molecule has 4 aromatic rings. The second-order valence-electron chi connectivity index (χ2n) is 6.02. The van der Waals surface area contributed by atoms with Crippen LogP contribution >= 0.6 is 0 Å². The van der Waals surface area contributed by atoms with Crippen LogP contribution < -0.4 is 15.4 Å². The molecule has 8 nitrogen and oxygen atoms in total. The Bertz CT molecular complexity index is 1140. The number of urea groups is 1. The van der Waals surface area contributed by atoms with Gasteiger partial charge < -0.3 is 10.1 Å². The van der Waals surface area contributed by atoms with E-state index in [1.54, 1.807) is 49.1 Å². The highest BCUT2D eigenvalue weighted by atomic mass is 19.1. The van der Waals surface area contributed by atoms with Crippen molar-refractivity contribution in [1.29, 1.82) is 0 Å². The van der Waals surface area contributed by atoms with Gasteiger partial charge in [-0.05, 0) is 48.5 Å². The maximum absolute atomic E-state index is 13.0. The summed E-state index contributed by atoms with van der Waals surface area (Å²) in [6, 6.07) is 11.8. The van der Waals surface area contributed by atoms with Gasteiger partial charge in [0.25, 0.3) is 0 Å². The molecule has 1 aromatic carbocycles. The first-order valence-electron chi connectivity index (χ1n) is 8.86. The number of ether oxygens (including phenoxy) is 1. The average molecular weight is 402 g/mol. The molecule has 148 valence electrons. The molecule has 0 aliphatic rings. The van der Waals surface area contributed by atoms with Crippen molar-refractivity contribution in [3.63, 3.8) is 0 Å². The zero-order valence-electron chi connectivity index (χ0n) is 15.5. The van der Waals surface area contributed by atoms with Crippen molar-refractivity contribution in [2.45, 2.75) is 0 Å². The Morgan fingerprint density at radius 3 is 2.43 bits per heavy atom. The molecular formula is C21H15FN6O2.